The van der Waals surface area contributed by atoms with Crippen LogP contribution in [0.3, 0.4) is 0 Å². The SMILES string of the molecule is CCN(Cc1cc(O)c2c(c1OC)C[C@H]1C[C@H]3[C@H](N(C)C)C(O)=C(C(N)=O)C(=O)[C@@]3(O)C(O)=C1C2=O)CC1CCCCC1. The third-order valence-electron chi connectivity index (χ3n) is 10.0. The summed E-state index contributed by atoms with van der Waals surface area (Å²) in [6.45, 7) is 4.37. The first-order valence-corrected chi connectivity index (χ1v) is 15.1. The molecular formula is C32H43N3O8. The summed E-state index contributed by atoms with van der Waals surface area (Å²) in [5.74, 6) is -5.58. The van der Waals surface area contributed by atoms with Crippen LogP contribution in [0.25, 0.3) is 0 Å². The molecule has 234 valence electrons. The van der Waals surface area contributed by atoms with E-state index in [2.05, 4.69) is 11.8 Å². The molecule has 0 aromatic heterocycles. The standard InChI is InChI=1S/C32H43N3O8/c1-5-35(14-16-9-7-6-8-10-16)15-18-13-21(36)23-19(28(18)43-4)11-17-12-20-25(34(2)3)27(38)24(31(33)41)30(40)32(20,42)29(39)22(17)26(23)37/h13,16-17,20,25,36,38-39,42H,5-12,14-15H2,1-4H3,(H2,33,41)/t17-,20-,25-,32-/m0/s1. The van der Waals surface area contributed by atoms with E-state index in [-0.39, 0.29) is 29.7 Å². The number of nitrogens with two attached hydrogens (primary N) is 1. The highest BCUT2D eigenvalue weighted by Crippen LogP contribution is 2.53. The van der Waals surface area contributed by atoms with Crippen LogP contribution in [-0.2, 0) is 22.6 Å². The predicted octanol–water partition coefficient (Wildman–Crippen LogP) is 2.53. The average Bonchev–Trinajstić information content (AvgIpc) is 2.94. The molecule has 6 N–H and O–H groups in total. The van der Waals surface area contributed by atoms with E-state index in [0.29, 0.717) is 23.8 Å². The van der Waals surface area contributed by atoms with Crippen LogP contribution in [0, 0.1) is 17.8 Å². The monoisotopic (exact) mass is 597 g/mol. The summed E-state index contributed by atoms with van der Waals surface area (Å²) in [6, 6.07) is 0.488. The van der Waals surface area contributed by atoms with Gasteiger partial charge in [-0.3, -0.25) is 24.2 Å². The fraction of sp³-hybridized carbons (Fsp3) is 0.594. The Labute approximate surface area is 251 Å². The van der Waals surface area contributed by atoms with E-state index < -0.39 is 58.0 Å². The number of nitrogens with zero attached hydrogens (tertiary/aromatic N) is 2. The third-order valence-corrected chi connectivity index (χ3v) is 10.0. The van der Waals surface area contributed by atoms with Gasteiger partial charge in [-0.2, -0.15) is 0 Å². The molecule has 1 amide bonds. The van der Waals surface area contributed by atoms with E-state index in [1.165, 1.54) is 50.2 Å². The first-order valence-electron chi connectivity index (χ1n) is 15.1. The molecule has 1 saturated carbocycles. The number of benzene rings is 1. The molecule has 11 heteroatoms. The number of rotatable bonds is 8. The molecule has 0 spiro atoms. The van der Waals surface area contributed by atoms with Gasteiger partial charge in [0.2, 0.25) is 5.78 Å². The van der Waals surface area contributed by atoms with Crippen molar-refractivity contribution in [1.82, 2.24) is 9.80 Å². The van der Waals surface area contributed by atoms with Gasteiger partial charge in [-0.25, -0.2) is 0 Å². The summed E-state index contributed by atoms with van der Waals surface area (Å²) in [5, 5.41) is 45.4. The van der Waals surface area contributed by atoms with Crippen molar-refractivity contribution in [2.24, 2.45) is 23.5 Å². The number of phenols is 1. The molecule has 11 nitrogen and oxygen atoms in total. The molecule has 0 unspecified atom stereocenters. The number of aliphatic hydroxyl groups excluding tert-OH is 2. The molecule has 1 aromatic carbocycles. The van der Waals surface area contributed by atoms with Gasteiger partial charge in [-0.15, -0.1) is 0 Å². The molecule has 0 aliphatic heterocycles. The van der Waals surface area contributed by atoms with E-state index >= 15 is 0 Å². The number of primary amides is 1. The van der Waals surface area contributed by atoms with Gasteiger partial charge in [0.15, 0.2) is 11.4 Å². The lowest BCUT2D eigenvalue weighted by Gasteiger charge is -2.50. The average molecular weight is 598 g/mol. The number of carbonyl (C=O) groups is 3. The Kier molecular flexibility index (Phi) is 8.36. The van der Waals surface area contributed by atoms with Crippen molar-refractivity contribution < 1.29 is 39.5 Å². The number of likely N-dealkylation sites (N-methyl/N-ethyl adjacent to an activating group) is 1. The molecule has 5 rings (SSSR count). The zero-order chi connectivity index (χ0) is 31.4. The van der Waals surface area contributed by atoms with E-state index in [4.69, 9.17) is 10.5 Å². The smallest absolute Gasteiger partial charge is 0.255 e. The van der Waals surface area contributed by atoms with Crippen molar-refractivity contribution in [3.63, 3.8) is 0 Å². The lowest BCUT2D eigenvalue weighted by molar-refractivity contribution is -0.148. The van der Waals surface area contributed by atoms with E-state index in [1.807, 2.05) is 0 Å². The van der Waals surface area contributed by atoms with Gasteiger partial charge in [0.1, 0.15) is 28.6 Å². The van der Waals surface area contributed by atoms with Crippen molar-refractivity contribution in [3.8, 4) is 11.5 Å². The molecule has 4 aliphatic carbocycles. The van der Waals surface area contributed by atoms with Crippen molar-refractivity contribution >= 4 is 17.5 Å². The van der Waals surface area contributed by atoms with Crippen molar-refractivity contribution in [3.05, 3.63) is 45.4 Å². The van der Waals surface area contributed by atoms with Crippen LogP contribution in [0.15, 0.2) is 28.7 Å². The number of aromatic hydroxyl groups is 1. The van der Waals surface area contributed by atoms with Gasteiger partial charge in [0, 0.05) is 35.7 Å². The lowest BCUT2D eigenvalue weighted by Crippen LogP contribution is -2.63. The Bertz CT molecular complexity index is 1410. The van der Waals surface area contributed by atoms with Gasteiger partial charge in [-0.1, -0.05) is 26.2 Å². The number of hydrogen-bond acceptors (Lipinski definition) is 10. The van der Waals surface area contributed by atoms with Crippen LogP contribution >= 0.6 is 0 Å². The van der Waals surface area contributed by atoms with Crippen LogP contribution in [0.1, 0.15) is 66.9 Å². The van der Waals surface area contributed by atoms with Gasteiger partial charge < -0.3 is 30.9 Å². The summed E-state index contributed by atoms with van der Waals surface area (Å²) >= 11 is 0. The quantitative estimate of drug-likeness (QED) is 0.280. The molecule has 0 bridgehead atoms. The number of fused-ring (bicyclic) bond motifs is 3. The van der Waals surface area contributed by atoms with Crippen LogP contribution in [0.4, 0.5) is 0 Å². The van der Waals surface area contributed by atoms with Crippen molar-refractivity contribution in [2.45, 2.75) is 70.1 Å². The zero-order valence-electron chi connectivity index (χ0n) is 25.4. The van der Waals surface area contributed by atoms with Crippen LogP contribution < -0.4 is 10.5 Å². The molecule has 43 heavy (non-hydrogen) atoms. The second-order valence-corrected chi connectivity index (χ2v) is 12.7. The third kappa shape index (κ3) is 4.91. The number of phenolic OH excluding ortho intramolecular Hbond substituents is 1. The summed E-state index contributed by atoms with van der Waals surface area (Å²) in [4.78, 5) is 43.5. The lowest BCUT2D eigenvalue weighted by atomic mass is 9.58. The number of ketones is 2. The predicted molar refractivity (Wildman–Crippen MR) is 158 cm³/mol. The second kappa shape index (κ2) is 11.6. The molecule has 0 radical (unpaired) electrons. The van der Waals surface area contributed by atoms with Crippen LogP contribution in [0.2, 0.25) is 0 Å². The fourth-order valence-corrected chi connectivity index (χ4v) is 8.02. The first-order chi connectivity index (χ1) is 20.4. The molecule has 1 aromatic rings. The Morgan fingerprint density at radius 3 is 2.40 bits per heavy atom. The van der Waals surface area contributed by atoms with E-state index in [1.54, 1.807) is 14.1 Å². The Hall–Kier alpha value is -3.41. The highest BCUT2D eigenvalue weighted by molar-refractivity contribution is 6.24. The maximum absolute atomic E-state index is 14.0. The summed E-state index contributed by atoms with van der Waals surface area (Å²) in [6.07, 6.45) is 6.38. The summed E-state index contributed by atoms with van der Waals surface area (Å²) < 4.78 is 5.87. The van der Waals surface area contributed by atoms with Crippen LogP contribution in [0.5, 0.6) is 11.5 Å². The number of ether oxygens (including phenoxy) is 1. The van der Waals surface area contributed by atoms with E-state index in [0.717, 1.165) is 18.7 Å². The molecule has 0 heterocycles. The second-order valence-electron chi connectivity index (χ2n) is 12.7. The van der Waals surface area contributed by atoms with Crippen molar-refractivity contribution in [1.29, 1.82) is 0 Å². The Morgan fingerprint density at radius 2 is 1.81 bits per heavy atom. The molecule has 4 aliphatic rings. The number of amides is 1. The largest absolute Gasteiger partial charge is 0.510 e. The van der Waals surface area contributed by atoms with Gasteiger partial charge >= 0.3 is 0 Å². The fourth-order valence-electron chi connectivity index (χ4n) is 8.02. The maximum Gasteiger partial charge on any atom is 0.255 e. The number of Topliss-reactive ketones (excluding diaryl/α,β-unsaturated/α-hetero) is 2. The van der Waals surface area contributed by atoms with Gasteiger partial charge in [0.05, 0.1) is 18.7 Å². The zero-order valence-corrected chi connectivity index (χ0v) is 25.4. The van der Waals surface area contributed by atoms with Gasteiger partial charge in [-0.05, 0) is 64.2 Å². The Morgan fingerprint density at radius 1 is 1.14 bits per heavy atom. The minimum absolute atomic E-state index is 0.0304. The van der Waals surface area contributed by atoms with Gasteiger partial charge in [0.25, 0.3) is 5.91 Å². The summed E-state index contributed by atoms with van der Waals surface area (Å²) in [5.41, 5.74) is 2.94. The maximum atomic E-state index is 14.0. The number of methoxy groups -OCH3 is 1. The minimum atomic E-state index is -2.66. The Balaban J connectivity index is 1.57. The molecule has 4 atom stereocenters. The topological polar surface area (TPSA) is 174 Å². The van der Waals surface area contributed by atoms with E-state index in [9.17, 15) is 34.8 Å². The van der Waals surface area contributed by atoms with Crippen LogP contribution in [-0.4, -0.2) is 93.6 Å². The number of carbonyl (C=O) groups excluding carboxylic acids is 3. The first kappa shape index (κ1) is 31.0. The molecule has 0 saturated heterocycles. The normalized spacial score (nSPS) is 27.8. The minimum Gasteiger partial charge on any atom is -0.510 e. The highest BCUT2D eigenvalue weighted by atomic mass is 16.5. The molecule has 1 fully saturated rings. The molecular weight excluding hydrogens is 554 g/mol. The number of allylic oxidation sites excluding steroid dienone is 1. The summed E-state index contributed by atoms with van der Waals surface area (Å²) in [7, 11) is 4.73. The van der Waals surface area contributed by atoms with Crippen molar-refractivity contribution in [2.75, 3.05) is 34.3 Å². The highest BCUT2D eigenvalue weighted by Gasteiger charge is 2.63. The number of aliphatic hydroxyl groups is 3. The number of hydrogen-bond donors (Lipinski definition) is 5.